The minimum atomic E-state index is -0.526. The van der Waals surface area contributed by atoms with E-state index in [0.29, 0.717) is 28.0 Å². The van der Waals surface area contributed by atoms with Gasteiger partial charge in [0.25, 0.3) is 5.91 Å². The SMILES string of the molecule is CC(C)n1nnnc1-c1ccc(NC(=O)c2coc3ccccc23)cc1F. The fourth-order valence-corrected chi connectivity index (χ4v) is 2.85. The summed E-state index contributed by atoms with van der Waals surface area (Å²) in [5.41, 5.74) is 1.60. The number of rotatable bonds is 4. The van der Waals surface area contributed by atoms with Crippen LogP contribution in [0.5, 0.6) is 0 Å². The lowest BCUT2D eigenvalue weighted by atomic mass is 10.1. The van der Waals surface area contributed by atoms with Crippen molar-refractivity contribution in [2.75, 3.05) is 5.32 Å². The zero-order valence-corrected chi connectivity index (χ0v) is 14.7. The number of anilines is 1. The van der Waals surface area contributed by atoms with E-state index in [9.17, 15) is 9.18 Å². The van der Waals surface area contributed by atoms with E-state index in [1.54, 1.807) is 24.3 Å². The lowest BCUT2D eigenvalue weighted by Crippen LogP contribution is -2.12. The van der Waals surface area contributed by atoms with E-state index in [1.165, 1.54) is 17.0 Å². The molecule has 4 rings (SSSR count). The molecule has 0 saturated carbocycles. The van der Waals surface area contributed by atoms with Gasteiger partial charge in [-0.15, -0.1) is 5.10 Å². The van der Waals surface area contributed by atoms with Crippen LogP contribution in [0.15, 0.2) is 53.1 Å². The normalized spacial score (nSPS) is 11.3. The first-order chi connectivity index (χ1) is 13.0. The highest BCUT2D eigenvalue weighted by atomic mass is 19.1. The molecule has 4 aromatic rings. The van der Waals surface area contributed by atoms with Crippen LogP contribution in [0, 0.1) is 5.82 Å². The van der Waals surface area contributed by atoms with E-state index in [1.807, 2.05) is 26.0 Å². The molecule has 8 heteroatoms. The zero-order chi connectivity index (χ0) is 19.0. The van der Waals surface area contributed by atoms with Gasteiger partial charge in [-0.25, -0.2) is 9.07 Å². The number of amides is 1. The van der Waals surface area contributed by atoms with Crippen LogP contribution in [0.2, 0.25) is 0 Å². The zero-order valence-electron chi connectivity index (χ0n) is 14.7. The number of nitrogens with one attached hydrogen (secondary N) is 1. The summed E-state index contributed by atoms with van der Waals surface area (Å²) in [6.45, 7) is 3.81. The average molecular weight is 365 g/mol. The van der Waals surface area contributed by atoms with Crippen molar-refractivity contribution >= 4 is 22.6 Å². The Bertz CT molecular complexity index is 1130. The molecule has 2 aromatic heterocycles. The Balaban J connectivity index is 1.61. The Labute approximate surface area is 153 Å². The molecule has 0 bridgehead atoms. The lowest BCUT2D eigenvalue weighted by Gasteiger charge is -2.10. The van der Waals surface area contributed by atoms with Crippen LogP contribution in [0.25, 0.3) is 22.4 Å². The van der Waals surface area contributed by atoms with Crippen molar-refractivity contribution < 1.29 is 13.6 Å². The van der Waals surface area contributed by atoms with Crippen LogP contribution in [-0.2, 0) is 0 Å². The van der Waals surface area contributed by atoms with Crippen molar-refractivity contribution in [3.05, 3.63) is 60.1 Å². The number of furan rings is 1. The van der Waals surface area contributed by atoms with Gasteiger partial charge in [-0.1, -0.05) is 18.2 Å². The Hall–Kier alpha value is -3.55. The molecule has 0 aliphatic heterocycles. The van der Waals surface area contributed by atoms with E-state index in [-0.39, 0.29) is 17.5 Å². The molecular formula is C19H16FN5O2. The first kappa shape index (κ1) is 16.9. The third-order valence-electron chi connectivity index (χ3n) is 4.18. The van der Waals surface area contributed by atoms with Crippen molar-refractivity contribution in [3.8, 4) is 11.4 Å². The van der Waals surface area contributed by atoms with E-state index < -0.39 is 5.82 Å². The van der Waals surface area contributed by atoms with Crippen molar-refractivity contribution in [3.63, 3.8) is 0 Å². The summed E-state index contributed by atoms with van der Waals surface area (Å²) >= 11 is 0. The van der Waals surface area contributed by atoms with Gasteiger partial charge in [0.05, 0.1) is 17.2 Å². The second kappa shape index (κ2) is 6.64. The first-order valence-corrected chi connectivity index (χ1v) is 8.40. The average Bonchev–Trinajstić information content (AvgIpc) is 3.29. The van der Waals surface area contributed by atoms with Gasteiger partial charge in [0.1, 0.15) is 17.7 Å². The van der Waals surface area contributed by atoms with Crippen LogP contribution < -0.4 is 5.32 Å². The van der Waals surface area contributed by atoms with Gasteiger partial charge >= 0.3 is 0 Å². The Morgan fingerprint density at radius 1 is 1.22 bits per heavy atom. The van der Waals surface area contributed by atoms with E-state index in [4.69, 9.17) is 4.42 Å². The third-order valence-corrected chi connectivity index (χ3v) is 4.18. The van der Waals surface area contributed by atoms with Crippen molar-refractivity contribution in [1.82, 2.24) is 20.2 Å². The highest BCUT2D eigenvalue weighted by Crippen LogP contribution is 2.26. The molecule has 136 valence electrons. The highest BCUT2D eigenvalue weighted by Gasteiger charge is 2.18. The fraction of sp³-hybridized carbons (Fsp3) is 0.158. The van der Waals surface area contributed by atoms with E-state index in [0.717, 1.165) is 0 Å². The summed E-state index contributed by atoms with van der Waals surface area (Å²) in [5, 5.41) is 14.8. The molecule has 0 aliphatic carbocycles. The monoisotopic (exact) mass is 365 g/mol. The van der Waals surface area contributed by atoms with Crippen molar-refractivity contribution in [1.29, 1.82) is 0 Å². The predicted octanol–water partition coefficient (Wildman–Crippen LogP) is 4.06. The summed E-state index contributed by atoms with van der Waals surface area (Å²) in [7, 11) is 0. The third kappa shape index (κ3) is 3.05. The number of nitrogens with zero attached hydrogens (tertiary/aromatic N) is 4. The molecule has 7 nitrogen and oxygen atoms in total. The molecule has 2 heterocycles. The standard InChI is InChI=1S/C19H16FN5O2/c1-11(2)25-18(22-23-24-25)14-8-7-12(9-16(14)20)21-19(26)15-10-27-17-6-4-3-5-13(15)17/h3-11H,1-2H3,(H,21,26). The molecule has 1 N–H and O–H groups in total. The van der Waals surface area contributed by atoms with Gasteiger partial charge < -0.3 is 9.73 Å². The van der Waals surface area contributed by atoms with E-state index in [2.05, 4.69) is 20.8 Å². The van der Waals surface area contributed by atoms with Crippen molar-refractivity contribution in [2.45, 2.75) is 19.9 Å². The first-order valence-electron chi connectivity index (χ1n) is 8.40. The topological polar surface area (TPSA) is 85.8 Å². The molecule has 0 atom stereocenters. The molecule has 0 fully saturated rings. The maximum atomic E-state index is 14.6. The summed E-state index contributed by atoms with van der Waals surface area (Å²) in [5.74, 6) is -0.568. The minimum Gasteiger partial charge on any atom is -0.463 e. The molecule has 0 unspecified atom stereocenters. The highest BCUT2D eigenvalue weighted by molar-refractivity contribution is 6.12. The largest absolute Gasteiger partial charge is 0.463 e. The molecule has 0 aliphatic rings. The molecule has 0 spiro atoms. The van der Waals surface area contributed by atoms with Crippen molar-refractivity contribution in [2.24, 2.45) is 0 Å². The summed E-state index contributed by atoms with van der Waals surface area (Å²) < 4.78 is 21.5. The molecule has 1 amide bonds. The van der Waals surface area contributed by atoms with Crippen LogP contribution in [0.3, 0.4) is 0 Å². The summed E-state index contributed by atoms with van der Waals surface area (Å²) in [6.07, 6.45) is 1.39. The van der Waals surface area contributed by atoms with Gasteiger partial charge in [-0.3, -0.25) is 4.79 Å². The van der Waals surface area contributed by atoms with Gasteiger partial charge in [-0.05, 0) is 48.5 Å². The molecule has 0 radical (unpaired) electrons. The number of halogens is 1. The van der Waals surface area contributed by atoms with Crippen LogP contribution >= 0.6 is 0 Å². The van der Waals surface area contributed by atoms with Gasteiger partial charge in [0.15, 0.2) is 5.82 Å². The van der Waals surface area contributed by atoms with Crippen LogP contribution in [-0.4, -0.2) is 26.1 Å². The molecule has 27 heavy (non-hydrogen) atoms. The van der Waals surface area contributed by atoms with Crippen LogP contribution in [0.4, 0.5) is 10.1 Å². The smallest absolute Gasteiger partial charge is 0.259 e. The maximum Gasteiger partial charge on any atom is 0.259 e. The quantitative estimate of drug-likeness (QED) is 0.589. The summed E-state index contributed by atoms with van der Waals surface area (Å²) in [6, 6.07) is 11.6. The number of hydrogen-bond acceptors (Lipinski definition) is 5. The number of carbonyl (C=O) groups is 1. The molecule has 0 saturated heterocycles. The number of benzene rings is 2. The fourth-order valence-electron chi connectivity index (χ4n) is 2.85. The minimum absolute atomic E-state index is 0.0110. The maximum absolute atomic E-state index is 14.6. The Kier molecular flexibility index (Phi) is 4.15. The number of aromatic nitrogens is 4. The number of tetrazole rings is 1. The number of fused-ring (bicyclic) bond motifs is 1. The van der Waals surface area contributed by atoms with E-state index >= 15 is 0 Å². The Morgan fingerprint density at radius 3 is 2.81 bits per heavy atom. The van der Waals surface area contributed by atoms with Gasteiger partial charge in [0, 0.05) is 11.1 Å². The predicted molar refractivity (Wildman–Crippen MR) is 97.8 cm³/mol. The molecular weight excluding hydrogens is 349 g/mol. The molecule has 2 aromatic carbocycles. The number of hydrogen-bond donors (Lipinski definition) is 1. The van der Waals surface area contributed by atoms with Gasteiger partial charge in [-0.2, -0.15) is 0 Å². The summed E-state index contributed by atoms with van der Waals surface area (Å²) in [4.78, 5) is 12.5. The second-order valence-corrected chi connectivity index (χ2v) is 6.34. The van der Waals surface area contributed by atoms with Crippen LogP contribution in [0.1, 0.15) is 30.2 Å². The second-order valence-electron chi connectivity index (χ2n) is 6.34. The number of carbonyl (C=O) groups excluding carboxylic acids is 1. The van der Waals surface area contributed by atoms with Gasteiger partial charge in [0.2, 0.25) is 0 Å². The number of para-hydroxylation sites is 1. The lowest BCUT2D eigenvalue weighted by molar-refractivity contribution is 0.102. The Morgan fingerprint density at radius 2 is 2.04 bits per heavy atom.